The number of nitrogens with zero attached hydrogens (tertiary/aromatic N) is 2. The fraction of sp³-hybridized carbons (Fsp3) is 0.500. The number of carbonyl (C=O) groups excluding carboxylic acids is 2. The van der Waals surface area contributed by atoms with Crippen LogP contribution in [0.15, 0.2) is 18.2 Å². The van der Waals surface area contributed by atoms with Gasteiger partial charge in [-0.05, 0) is 25.0 Å². The number of hydrogen-bond donors (Lipinski definition) is 1. The molecule has 2 rings (SSSR count). The lowest BCUT2D eigenvalue weighted by Gasteiger charge is -2.31. The van der Waals surface area contributed by atoms with Gasteiger partial charge in [0.25, 0.3) is 0 Å². The van der Waals surface area contributed by atoms with Crippen LogP contribution >= 0.6 is 11.6 Å². The van der Waals surface area contributed by atoms with E-state index in [9.17, 15) is 19.1 Å². The molecule has 0 spiro atoms. The number of aliphatic hydroxyl groups is 1. The van der Waals surface area contributed by atoms with E-state index in [1.54, 1.807) is 4.90 Å². The highest BCUT2D eigenvalue weighted by atomic mass is 35.5. The van der Waals surface area contributed by atoms with E-state index >= 15 is 0 Å². The number of hydrogen-bond acceptors (Lipinski definition) is 3. The number of amides is 2. The molecule has 0 atom stereocenters. The molecule has 0 aliphatic carbocycles. The minimum absolute atomic E-state index is 0.0685. The normalized spacial score (nSPS) is 15.6. The molecule has 1 fully saturated rings. The van der Waals surface area contributed by atoms with Gasteiger partial charge in [-0.3, -0.25) is 9.59 Å². The average Bonchev–Trinajstić information content (AvgIpc) is 2.51. The highest BCUT2D eigenvalue weighted by Crippen LogP contribution is 2.20. The zero-order chi connectivity index (χ0) is 17.0. The third-order valence-electron chi connectivity index (χ3n) is 4.01. The van der Waals surface area contributed by atoms with Crippen LogP contribution in [0.1, 0.15) is 18.4 Å². The summed E-state index contributed by atoms with van der Waals surface area (Å²) in [5, 5.41) is 9.64. The van der Waals surface area contributed by atoms with Gasteiger partial charge in [0.2, 0.25) is 11.8 Å². The summed E-state index contributed by atoms with van der Waals surface area (Å²) in [5.74, 6) is -1.08. The lowest BCUT2D eigenvalue weighted by atomic mass is 10.1. The maximum atomic E-state index is 13.7. The van der Waals surface area contributed by atoms with Gasteiger partial charge < -0.3 is 14.9 Å². The zero-order valence-corrected chi connectivity index (χ0v) is 13.7. The predicted octanol–water partition coefficient (Wildman–Crippen LogP) is 1.46. The summed E-state index contributed by atoms with van der Waals surface area (Å²) in [5.41, 5.74) is 0.138. The second kappa shape index (κ2) is 7.75. The molecule has 1 aliphatic rings. The number of aliphatic hydroxyl groups excluding tert-OH is 1. The zero-order valence-electron chi connectivity index (χ0n) is 13.0. The number of benzene rings is 1. The highest BCUT2D eigenvalue weighted by Gasteiger charge is 2.24. The van der Waals surface area contributed by atoms with Gasteiger partial charge in [-0.2, -0.15) is 0 Å². The first kappa shape index (κ1) is 17.7. The van der Waals surface area contributed by atoms with Crippen molar-refractivity contribution in [2.45, 2.75) is 25.4 Å². The van der Waals surface area contributed by atoms with Crippen LogP contribution in [0.25, 0.3) is 0 Å². The Kier molecular flexibility index (Phi) is 5.96. The minimum atomic E-state index is -0.532. The summed E-state index contributed by atoms with van der Waals surface area (Å²) in [6.07, 6.45) is 0.554. The topological polar surface area (TPSA) is 60.9 Å². The molecule has 23 heavy (non-hydrogen) atoms. The SMILES string of the molecule is CN(CC(=O)N1CCC(O)CC1)C(=O)Cc1c(F)cccc1Cl. The first-order valence-electron chi connectivity index (χ1n) is 7.51. The van der Waals surface area contributed by atoms with Gasteiger partial charge in [0.05, 0.1) is 19.1 Å². The molecular weight excluding hydrogens is 323 g/mol. The number of likely N-dealkylation sites (tertiary alicyclic amines) is 1. The van der Waals surface area contributed by atoms with Crippen LogP contribution in [0.4, 0.5) is 4.39 Å². The molecule has 0 aromatic heterocycles. The molecule has 1 N–H and O–H groups in total. The standard InChI is InChI=1S/C16H20ClFN2O3/c1-19(10-16(23)20-7-5-11(21)6-8-20)15(22)9-12-13(17)3-2-4-14(12)18/h2-4,11,21H,5-10H2,1H3. The molecular formula is C16H20ClFN2O3. The highest BCUT2D eigenvalue weighted by molar-refractivity contribution is 6.31. The van der Waals surface area contributed by atoms with E-state index in [-0.39, 0.29) is 41.5 Å². The number of piperidine rings is 1. The summed E-state index contributed by atoms with van der Waals surface area (Å²) >= 11 is 5.91. The van der Waals surface area contributed by atoms with Crippen molar-refractivity contribution in [3.63, 3.8) is 0 Å². The van der Waals surface area contributed by atoms with Crippen molar-refractivity contribution in [3.05, 3.63) is 34.6 Å². The largest absolute Gasteiger partial charge is 0.393 e. The maximum absolute atomic E-state index is 13.7. The molecule has 0 radical (unpaired) electrons. The Bertz CT molecular complexity index is 568. The van der Waals surface area contributed by atoms with E-state index in [4.69, 9.17) is 11.6 Å². The van der Waals surface area contributed by atoms with Crippen LogP contribution < -0.4 is 0 Å². The van der Waals surface area contributed by atoms with Crippen molar-refractivity contribution < 1.29 is 19.1 Å². The quantitative estimate of drug-likeness (QED) is 0.901. The second-order valence-electron chi connectivity index (χ2n) is 5.74. The molecule has 1 aromatic rings. The Morgan fingerprint density at radius 2 is 2.04 bits per heavy atom. The third kappa shape index (κ3) is 4.65. The van der Waals surface area contributed by atoms with Crippen molar-refractivity contribution in [2.24, 2.45) is 0 Å². The Morgan fingerprint density at radius 1 is 1.39 bits per heavy atom. The molecule has 0 bridgehead atoms. The lowest BCUT2D eigenvalue weighted by molar-refractivity contribution is -0.140. The smallest absolute Gasteiger partial charge is 0.242 e. The van der Waals surface area contributed by atoms with E-state index in [0.29, 0.717) is 25.9 Å². The first-order valence-corrected chi connectivity index (χ1v) is 7.89. The van der Waals surface area contributed by atoms with Crippen LogP contribution in [0, 0.1) is 5.82 Å². The lowest BCUT2D eigenvalue weighted by Crippen LogP contribution is -2.45. The second-order valence-corrected chi connectivity index (χ2v) is 6.15. The van der Waals surface area contributed by atoms with Gasteiger partial charge in [0, 0.05) is 30.7 Å². The minimum Gasteiger partial charge on any atom is -0.393 e. The van der Waals surface area contributed by atoms with E-state index in [1.807, 2.05) is 0 Å². The van der Waals surface area contributed by atoms with Gasteiger partial charge in [-0.1, -0.05) is 17.7 Å². The Balaban J connectivity index is 1.91. The molecule has 2 amide bonds. The first-order chi connectivity index (χ1) is 10.9. The van der Waals surface area contributed by atoms with E-state index in [0.717, 1.165) is 0 Å². The van der Waals surface area contributed by atoms with Crippen LogP contribution in [0.3, 0.4) is 0 Å². The summed E-state index contributed by atoms with van der Waals surface area (Å²) in [7, 11) is 1.51. The predicted molar refractivity (Wildman–Crippen MR) is 84.6 cm³/mol. The molecule has 1 heterocycles. The van der Waals surface area contributed by atoms with Crippen LogP contribution in [-0.4, -0.2) is 59.5 Å². The summed E-state index contributed by atoms with van der Waals surface area (Å²) in [6.45, 7) is 0.906. The van der Waals surface area contributed by atoms with Crippen molar-refractivity contribution >= 4 is 23.4 Å². The summed E-state index contributed by atoms with van der Waals surface area (Å²) in [6, 6.07) is 4.25. The molecule has 1 aliphatic heterocycles. The average molecular weight is 343 g/mol. The fourth-order valence-corrected chi connectivity index (χ4v) is 2.72. The maximum Gasteiger partial charge on any atom is 0.242 e. The third-order valence-corrected chi connectivity index (χ3v) is 4.36. The fourth-order valence-electron chi connectivity index (χ4n) is 2.49. The molecule has 0 unspecified atom stereocenters. The Hall–Kier alpha value is -1.66. The van der Waals surface area contributed by atoms with Crippen molar-refractivity contribution in [2.75, 3.05) is 26.7 Å². The van der Waals surface area contributed by atoms with E-state index < -0.39 is 5.82 Å². The molecule has 7 heteroatoms. The number of likely N-dealkylation sites (N-methyl/N-ethyl adjacent to an activating group) is 1. The number of halogens is 2. The molecule has 5 nitrogen and oxygen atoms in total. The van der Waals surface area contributed by atoms with Crippen molar-refractivity contribution in [3.8, 4) is 0 Å². The summed E-state index contributed by atoms with van der Waals surface area (Å²) < 4.78 is 13.7. The molecule has 0 saturated carbocycles. The number of rotatable bonds is 4. The van der Waals surface area contributed by atoms with E-state index in [2.05, 4.69) is 0 Å². The molecule has 1 saturated heterocycles. The Morgan fingerprint density at radius 3 is 2.65 bits per heavy atom. The van der Waals surface area contributed by atoms with Gasteiger partial charge in [0.15, 0.2) is 0 Å². The van der Waals surface area contributed by atoms with E-state index in [1.165, 1.54) is 30.1 Å². The van der Waals surface area contributed by atoms with Crippen molar-refractivity contribution in [1.29, 1.82) is 0 Å². The Labute approximate surface area is 139 Å². The van der Waals surface area contributed by atoms with Crippen LogP contribution in [0.5, 0.6) is 0 Å². The van der Waals surface area contributed by atoms with Crippen LogP contribution in [-0.2, 0) is 16.0 Å². The summed E-state index contributed by atoms with van der Waals surface area (Å²) in [4.78, 5) is 27.2. The van der Waals surface area contributed by atoms with Crippen LogP contribution in [0.2, 0.25) is 5.02 Å². The van der Waals surface area contributed by atoms with Gasteiger partial charge >= 0.3 is 0 Å². The van der Waals surface area contributed by atoms with Crippen molar-refractivity contribution in [1.82, 2.24) is 9.80 Å². The van der Waals surface area contributed by atoms with Gasteiger partial charge in [-0.15, -0.1) is 0 Å². The van der Waals surface area contributed by atoms with Gasteiger partial charge in [-0.25, -0.2) is 4.39 Å². The van der Waals surface area contributed by atoms with Gasteiger partial charge in [0.1, 0.15) is 5.82 Å². The molecule has 126 valence electrons. The monoisotopic (exact) mass is 342 g/mol. The molecule has 1 aromatic carbocycles. The number of carbonyl (C=O) groups is 2.